The van der Waals surface area contributed by atoms with Crippen molar-refractivity contribution in [3.8, 4) is 0 Å². The molecule has 0 saturated carbocycles. The summed E-state index contributed by atoms with van der Waals surface area (Å²) in [7, 11) is 1.12. The number of phosphoric ester groups is 1. The molecule has 0 rings (SSSR count). The third-order valence-corrected chi connectivity index (χ3v) is 18.0. The first kappa shape index (κ1) is 98.3. The van der Waals surface area contributed by atoms with Gasteiger partial charge in [-0.3, -0.25) is 14.2 Å². The van der Waals surface area contributed by atoms with Crippen LogP contribution in [0.3, 0.4) is 0 Å². The van der Waals surface area contributed by atoms with Gasteiger partial charge in [0.2, 0.25) is 0 Å². The lowest BCUT2D eigenvalue weighted by atomic mass is 10.0. The highest BCUT2D eigenvalue weighted by molar-refractivity contribution is 7.45. The summed E-state index contributed by atoms with van der Waals surface area (Å²) in [5.41, 5.74) is 0. The summed E-state index contributed by atoms with van der Waals surface area (Å²) in [6.45, 7) is 3.96. The number of carbonyl (C=O) groups excluding carboxylic acids is 2. The van der Waals surface area contributed by atoms with Crippen molar-refractivity contribution in [1.82, 2.24) is 0 Å². The minimum atomic E-state index is -4.67. The minimum absolute atomic E-state index is 0.0488. The lowest BCUT2D eigenvalue weighted by Crippen LogP contribution is -2.37. The Labute approximate surface area is 639 Å². The molecule has 0 aliphatic carbocycles. The molecule has 10 heteroatoms. The van der Waals surface area contributed by atoms with Gasteiger partial charge in [0.1, 0.15) is 19.8 Å². The van der Waals surface area contributed by atoms with E-state index in [4.69, 9.17) is 18.5 Å². The number of likely N-dealkylation sites (N-methyl/N-ethyl adjacent to an activating group) is 1. The van der Waals surface area contributed by atoms with E-state index < -0.39 is 32.5 Å². The van der Waals surface area contributed by atoms with Crippen LogP contribution in [0.1, 0.15) is 309 Å². The zero-order chi connectivity index (χ0) is 75.4. The van der Waals surface area contributed by atoms with Crippen LogP contribution in [0.25, 0.3) is 0 Å². The fourth-order valence-electron chi connectivity index (χ4n) is 10.8. The highest BCUT2D eigenvalue weighted by Gasteiger charge is 2.22. The minimum Gasteiger partial charge on any atom is -0.756 e. The van der Waals surface area contributed by atoms with Gasteiger partial charge < -0.3 is 27.9 Å². The number of nitrogens with zero attached hydrogens (tertiary/aromatic N) is 1. The van der Waals surface area contributed by atoms with Gasteiger partial charge in [0, 0.05) is 12.8 Å². The molecule has 0 radical (unpaired) electrons. The number of phosphoric acid groups is 1. The van der Waals surface area contributed by atoms with Gasteiger partial charge in [-0.1, -0.05) is 361 Å². The Hall–Kier alpha value is -5.67. The summed E-state index contributed by atoms with van der Waals surface area (Å²) >= 11 is 0. The van der Waals surface area contributed by atoms with Gasteiger partial charge in [-0.15, -0.1) is 0 Å². The zero-order valence-electron chi connectivity index (χ0n) is 66.9. The quantitative estimate of drug-likeness (QED) is 0.0195. The molecule has 0 aromatic rings. The molecule has 0 aliphatic rings. The number of carbonyl (C=O) groups is 2. The fraction of sp³-hybridized carbons (Fsp3) is 0.596. The molecular weight excluding hydrogens is 1300 g/mol. The van der Waals surface area contributed by atoms with Crippen LogP contribution >= 0.6 is 7.82 Å². The standard InChI is InChI=1S/C94H152NO8P/c1-6-8-10-12-14-16-18-20-22-24-26-28-30-32-34-36-38-40-42-44-46-47-49-50-52-54-56-58-60-62-64-66-68-70-72-74-76-78-80-82-84-86-93(96)100-90-92(91-102-104(98,99)101-89-88-95(3,4)5)103-94(97)87-85-83-81-79-77-75-73-71-69-67-65-63-61-59-57-55-53-51-48-45-43-41-39-37-35-33-31-29-27-25-23-21-19-17-15-13-11-9-7-2/h8-11,14-17,20-23,26-29,32-35,38-41,45,48,53,55,59,61,65,67,71,73,77,79,92H,6-7,12-13,18-19,24-25,30-31,36-37,42-44,46-47,49-52,54,56-58,60,62-64,66,68-70,72,74-76,78,80-91H2,1-5H3/b10-8-,11-9-,16-14-,17-15-,22-20-,23-21-,28-26-,29-27-,34-32-,35-33-,40-38-,41-39-,48-45-,55-53-,61-59-,67-65-,73-71-,79-77-. The summed E-state index contributed by atoms with van der Waals surface area (Å²) in [5.74, 6) is -0.890. The van der Waals surface area contributed by atoms with Crippen LogP contribution in [-0.2, 0) is 32.7 Å². The molecule has 104 heavy (non-hydrogen) atoms. The highest BCUT2D eigenvalue weighted by atomic mass is 31.2. The average Bonchev–Trinajstić information content (AvgIpc) is 0.915. The second-order valence-corrected chi connectivity index (χ2v) is 29.4. The molecule has 0 aromatic carbocycles. The van der Waals surface area contributed by atoms with E-state index in [0.717, 1.165) is 148 Å². The third kappa shape index (κ3) is 85.3. The van der Waals surface area contributed by atoms with Crippen molar-refractivity contribution in [2.75, 3.05) is 47.5 Å². The van der Waals surface area contributed by atoms with E-state index >= 15 is 0 Å². The van der Waals surface area contributed by atoms with Crippen molar-refractivity contribution < 1.29 is 42.1 Å². The van der Waals surface area contributed by atoms with Crippen molar-refractivity contribution >= 4 is 19.8 Å². The predicted molar refractivity (Wildman–Crippen MR) is 451 cm³/mol. The molecule has 586 valence electrons. The number of allylic oxidation sites excluding steroid dienone is 36. The predicted octanol–water partition coefficient (Wildman–Crippen LogP) is 27.6. The molecule has 0 aromatic heterocycles. The summed E-state index contributed by atoms with van der Waals surface area (Å²) in [5, 5.41) is 0. The molecule has 0 amide bonds. The smallest absolute Gasteiger partial charge is 0.306 e. The lowest BCUT2D eigenvalue weighted by Gasteiger charge is -2.28. The Morgan fingerprint density at radius 3 is 0.788 bits per heavy atom. The Morgan fingerprint density at radius 1 is 0.298 bits per heavy atom. The molecule has 0 aliphatic heterocycles. The number of hydrogen-bond acceptors (Lipinski definition) is 8. The summed E-state index contributed by atoms with van der Waals surface area (Å²) in [6.07, 6.45) is 129. The van der Waals surface area contributed by atoms with Crippen molar-refractivity contribution in [3.05, 3.63) is 219 Å². The van der Waals surface area contributed by atoms with Gasteiger partial charge in [-0.25, -0.2) is 0 Å². The van der Waals surface area contributed by atoms with Gasteiger partial charge in [0.25, 0.3) is 7.82 Å². The topological polar surface area (TPSA) is 111 Å². The molecule has 0 spiro atoms. The second-order valence-electron chi connectivity index (χ2n) is 28.0. The van der Waals surface area contributed by atoms with Crippen molar-refractivity contribution in [1.29, 1.82) is 0 Å². The average molecular weight is 1460 g/mol. The monoisotopic (exact) mass is 1450 g/mol. The van der Waals surface area contributed by atoms with Crippen LogP contribution in [0.4, 0.5) is 0 Å². The van der Waals surface area contributed by atoms with E-state index in [1.807, 2.05) is 21.1 Å². The van der Waals surface area contributed by atoms with Crippen LogP contribution in [0.2, 0.25) is 0 Å². The second kappa shape index (κ2) is 81.4. The molecule has 2 unspecified atom stereocenters. The number of rotatable bonds is 74. The summed E-state index contributed by atoms with van der Waals surface area (Å²) < 4.78 is 34.3. The van der Waals surface area contributed by atoms with Gasteiger partial charge >= 0.3 is 11.9 Å². The van der Waals surface area contributed by atoms with Gasteiger partial charge in [-0.2, -0.15) is 0 Å². The molecule has 0 saturated heterocycles. The Balaban J connectivity index is 4.08. The van der Waals surface area contributed by atoms with E-state index in [1.165, 1.54) is 128 Å². The Bertz CT molecular complexity index is 2570. The first-order valence-electron chi connectivity index (χ1n) is 41.4. The van der Waals surface area contributed by atoms with E-state index in [1.54, 1.807) is 0 Å². The fourth-order valence-corrected chi connectivity index (χ4v) is 11.5. The molecule has 0 bridgehead atoms. The molecular formula is C94H152NO8P. The maximum atomic E-state index is 12.9. The van der Waals surface area contributed by atoms with E-state index in [2.05, 4.69) is 233 Å². The van der Waals surface area contributed by atoms with Crippen molar-refractivity contribution in [2.24, 2.45) is 0 Å². The largest absolute Gasteiger partial charge is 0.756 e. The van der Waals surface area contributed by atoms with Crippen LogP contribution in [0.5, 0.6) is 0 Å². The van der Waals surface area contributed by atoms with Crippen molar-refractivity contribution in [2.45, 2.75) is 315 Å². The van der Waals surface area contributed by atoms with Crippen LogP contribution < -0.4 is 4.89 Å². The molecule has 0 heterocycles. The third-order valence-electron chi connectivity index (χ3n) is 17.0. The SMILES string of the molecule is CC/C=C\C/C=C\C/C=C\C/C=C\C/C=C\C/C=C\C/C=C\C/C=C\C/C=C\C/C=C\C/C=C\C/C=C\CCCCC(=O)OC(COC(=O)CCCCCCCCCCCCCCCCCCCCCCCC/C=C\C/C=C\C/C=C\C/C=C\C/C=C\C/C=C\CC)COP(=O)([O-])OCC[N+](C)(C)C. The first-order chi connectivity index (χ1) is 51.0. The summed E-state index contributed by atoms with van der Waals surface area (Å²) in [4.78, 5) is 38.2. The number of hydrogen-bond donors (Lipinski definition) is 0. The first-order valence-corrected chi connectivity index (χ1v) is 42.9. The van der Waals surface area contributed by atoms with Crippen LogP contribution in [0, 0.1) is 0 Å². The highest BCUT2D eigenvalue weighted by Crippen LogP contribution is 2.38. The van der Waals surface area contributed by atoms with E-state index in [0.29, 0.717) is 17.4 Å². The molecule has 0 N–H and O–H groups in total. The van der Waals surface area contributed by atoms with Crippen LogP contribution in [0.15, 0.2) is 219 Å². The van der Waals surface area contributed by atoms with Gasteiger partial charge in [0.05, 0.1) is 27.7 Å². The number of unbranched alkanes of at least 4 members (excludes halogenated alkanes) is 24. The molecule has 0 fully saturated rings. The number of ether oxygens (including phenoxy) is 2. The maximum Gasteiger partial charge on any atom is 0.306 e. The summed E-state index contributed by atoms with van der Waals surface area (Å²) in [6, 6.07) is 0. The number of esters is 2. The Morgan fingerprint density at radius 2 is 0.519 bits per heavy atom. The van der Waals surface area contributed by atoms with Gasteiger partial charge in [-0.05, 0) is 154 Å². The maximum absolute atomic E-state index is 12.9. The van der Waals surface area contributed by atoms with Crippen LogP contribution in [-0.4, -0.2) is 70.0 Å². The molecule has 9 nitrogen and oxygen atoms in total. The molecule has 2 atom stereocenters. The normalized spacial score (nSPS) is 14.2. The Kier molecular flexibility index (Phi) is 77.0. The van der Waals surface area contributed by atoms with Gasteiger partial charge in [0.15, 0.2) is 6.10 Å². The van der Waals surface area contributed by atoms with Crippen molar-refractivity contribution in [3.63, 3.8) is 0 Å². The van der Waals surface area contributed by atoms with E-state index in [9.17, 15) is 19.0 Å². The van der Waals surface area contributed by atoms with E-state index in [-0.39, 0.29) is 26.1 Å². The number of quaternary nitrogens is 1. The zero-order valence-corrected chi connectivity index (χ0v) is 67.8. The lowest BCUT2D eigenvalue weighted by molar-refractivity contribution is -0.870.